The van der Waals surface area contributed by atoms with Crippen LogP contribution in [0.2, 0.25) is 0 Å². The van der Waals surface area contributed by atoms with Crippen LogP contribution in [0.4, 0.5) is 0 Å². The quantitative estimate of drug-likeness (QED) is 0.446. The van der Waals surface area contributed by atoms with E-state index in [1.54, 1.807) is 0 Å². The monoisotopic (exact) mass is 262 g/mol. The van der Waals surface area contributed by atoms with Crippen molar-refractivity contribution < 1.29 is 0 Å². The van der Waals surface area contributed by atoms with Crippen LogP contribution in [-0.4, -0.2) is 0 Å². The molecule has 3 aromatic carbocycles. The molecule has 0 heterocycles. The number of benzene rings is 3. The molecule has 3 rings (SSSR count). The van der Waals surface area contributed by atoms with Crippen LogP contribution in [0.3, 0.4) is 0 Å². The first-order valence-corrected chi connectivity index (χ1v) is 7.31. The fraction of sp³-hybridized carbons (Fsp3) is 0.300. The molecule has 0 unspecified atom stereocenters. The molecule has 0 amide bonds. The third kappa shape index (κ3) is 1.75. The van der Waals surface area contributed by atoms with Gasteiger partial charge < -0.3 is 0 Å². The Hall–Kier alpha value is -1.82. The molecule has 0 atom stereocenters. The van der Waals surface area contributed by atoms with Gasteiger partial charge in [0.1, 0.15) is 0 Å². The van der Waals surface area contributed by atoms with Gasteiger partial charge in [-0.2, -0.15) is 0 Å². The van der Waals surface area contributed by atoms with Crippen LogP contribution in [0.5, 0.6) is 0 Å². The first-order valence-electron chi connectivity index (χ1n) is 7.31. The molecule has 0 aromatic heterocycles. The Kier molecular flexibility index (Phi) is 2.86. The fourth-order valence-electron chi connectivity index (χ4n) is 3.79. The zero-order valence-corrected chi connectivity index (χ0v) is 13.3. The topological polar surface area (TPSA) is 0 Å². The van der Waals surface area contributed by atoms with Crippen LogP contribution in [0.1, 0.15) is 33.4 Å². The van der Waals surface area contributed by atoms with Crippen molar-refractivity contribution in [2.45, 2.75) is 41.5 Å². The maximum absolute atomic E-state index is 2.34. The molecule has 0 aliphatic rings. The summed E-state index contributed by atoms with van der Waals surface area (Å²) in [6.07, 6.45) is 0. The minimum atomic E-state index is 1.35. The summed E-state index contributed by atoms with van der Waals surface area (Å²) in [5.41, 5.74) is 8.32. The highest BCUT2D eigenvalue weighted by Gasteiger charge is 2.12. The Morgan fingerprint density at radius 2 is 0.850 bits per heavy atom. The van der Waals surface area contributed by atoms with Crippen LogP contribution in [-0.2, 0) is 0 Å². The molecule has 0 radical (unpaired) electrons. The van der Waals surface area contributed by atoms with E-state index in [0.29, 0.717) is 0 Å². The second kappa shape index (κ2) is 4.34. The highest BCUT2D eigenvalue weighted by molar-refractivity contribution is 6.08. The maximum Gasteiger partial charge on any atom is -0.0116 e. The first-order chi connectivity index (χ1) is 9.40. The van der Waals surface area contributed by atoms with Gasteiger partial charge in [-0.25, -0.2) is 0 Å². The van der Waals surface area contributed by atoms with Crippen LogP contribution in [0, 0.1) is 41.5 Å². The average Bonchev–Trinajstić information content (AvgIpc) is 2.34. The van der Waals surface area contributed by atoms with E-state index in [-0.39, 0.29) is 0 Å². The molecule has 20 heavy (non-hydrogen) atoms. The highest BCUT2D eigenvalue weighted by atomic mass is 14.2. The van der Waals surface area contributed by atoms with E-state index in [1.165, 1.54) is 54.9 Å². The van der Waals surface area contributed by atoms with Gasteiger partial charge in [0.25, 0.3) is 0 Å². The van der Waals surface area contributed by atoms with E-state index >= 15 is 0 Å². The predicted molar refractivity (Wildman–Crippen MR) is 89.9 cm³/mol. The summed E-state index contributed by atoms with van der Waals surface area (Å²) < 4.78 is 0. The smallest absolute Gasteiger partial charge is 0.0116 e. The first kappa shape index (κ1) is 13.2. The van der Waals surface area contributed by atoms with E-state index in [4.69, 9.17) is 0 Å². The summed E-state index contributed by atoms with van der Waals surface area (Å²) in [6, 6.07) is 9.26. The van der Waals surface area contributed by atoms with Crippen molar-refractivity contribution >= 4 is 21.5 Å². The van der Waals surface area contributed by atoms with Crippen molar-refractivity contribution in [1.82, 2.24) is 0 Å². The highest BCUT2D eigenvalue weighted by Crippen LogP contribution is 2.36. The molecule has 0 bridgehead atoms. The molecule has 0 saturated carbocycles. The van der Waals surface area contributed by atoms with Gasteiger partial charge in [0.2, 0.25) is 0 Å². The van der Waals surface area contributed by atoms with Gasteiger partial charge >= 0.3 is 0 Å². The third-order valence-corrected chi connectivity index (χ3v) is 4.52. The van der Waals surface area contributed by atoms with Gasteiger partial charge in [-0.15, -0.1) is 0 Å². The summed E-state index contributed by atoms with van der Waals surface area (Å²) in [7, 11) is 0. The second-order valence-corrected chi connectivity index (χ2v) is 6.26. The minimum absolute atomic E-state index is 1.35. The van der Waals surface area contributed by atoms with Gasteiger partial charge in [-0.05, 0) is 85.3 Å². The summed E-state index contributed by atoms with van der Waals surface area (Å²) in [4.78, 5) is 0. The van der Waals surface area contributed by atoms with Crippen molar-refractivity contribution in [3.63, 3.8) is 0 Å². The van der Waals surface area contributed by atoms with Gasteiger partial charge in [-0.1, -0.05) is 35.4 Å². The summed E-state index contributed by atoms with van der Waals surface area (Å²) >= 11 is 0. The fourth-order valence-corrected chi connectivity index (χ4v) is 3.79. The lowest BCUT2D eigenvalue weighted by atomic mass is 9.87. The van der Waals surface area contributed by atoms with Gasteiger partial charge in [-0.3, -0.25) is 0 Å². The Bertz CT molecular complexity index is 778. The maximum atomic E-state index is 2.34. The zero-order valence-electron chi connectivity index (χ0n) is 13.3. The molecular formula is C20H22. The Labute approximate surface area is 121 Å². The number of rotatable bonds is 0. The lowest BCUT2D eigenvalue weighted by Gasteiger charge is -2.17. The SMILES string of the molecule is Cc1cc(C)c2c(C)c3cc(C)cc(C)c3c(C)c2c1. The van der Waals surface area contributed by atoms with E-state index in [1.807, 2.05) is 0 Å². The van der Waals surface area contributed by atoms with Gasteiger partial charge in [0.15, 0.2) is 0 Å². The summed E-state index contributed by atoms with van der Waals surface area (Å²) in [5, 5.41) is 5.70. The zero-order chi connectivity index (χ0) is 14.6. The molecule has 0 N–H and O–H groups in total. The third-order valence-electron chi connectivity index (χ3n) is 4.52. The molecule has 0 heteroatoms. The number of fused-ring (bicyclic) bond motifs is 2. The van der Waals surface area contributed by atoms with E-state index < -0.39 is 0 Å². The van der Waals surface area contributed by atoms with E-state index in [2.05, 4.69) is 65.8 Å². The Morgan fingerprint density at radius 1 is 0.500 bits per heavy atom. The predicted octanol–water partition coefficient (Wildman–Crippen LogP) is 5.84. The second-order valence-electron chi connectivity index (χ2n) is 6.26. The summed E-state index contributed by atoms with van der Waals surface area (Å²) in [6.45, 7) is 13.4. The van der Waals surface area contributed by atoms with Gasteiger partial charge in [0, 0.05) is 0 Å². The molecule has 102 valence electrons. The number of aryl methyl sites for hydroxylation is 6. The molecule has 3 aromatic rings. The molecule has 0 spiro atoms. The molecule has 0 aliphatic heterocycles. The average molecular weight is 262 g/mol. The molecule has 0 aliphatic carbocycles. The van der Waals surface area contributed by atoms with E-state index in [9.17, 15) is 0 Å². The normalized spacial score (nSPS) is 11.5. The lowest BCUT2D eigenvalue weighted by molar-refractivity contribution is 1.37. The van der Waals surface area contributed by atoms with Crippen molar-refractivity contribution in [3.05, 3.63) is 57.6 Å². The van der Waals surface area contributed by atoms with E-state index in [0.717, 1.165) is 0 Å². The molecule has 0 saturated heterocycles. The number of hydrogen-bond acceptors (Lipinski definition) is 0. The largest absolute Gasteiger partial charge is 0.0557 e. The van der Waals surface area contributed by atoms with Crippen molar-refractivity contribution in [3.8, 4) is 0 Å². The van der Waals surface area contributed by atoms with Crippen molar-refractivity contribution in [1.29, 1.82) is 0 Å². The Morgan fingerprint density at radius 3 is 1.20 bits per heavy atom. The number of hydrogen-bond donors (Lipinski definition) is 0. The van der Waals surface area contributed by atoms with Crippen LogP contribution >= 0.6 is 0 Å². The molecule has 0 nitrogen and oxygen atoms in total. The molecular weight excluding hydrogens is 240 g/mol. The van der Waals surface area contributed by atoms with Gasteiger partial charge in [0.05, 0.1) is 0 Å². The van der Waals surface area contributed by atoms with Crippen molar-refractivity contribution in [2.24, 2.45) is 0 Å². The lowest BCUT2D eigenvalue weighted by Crippen LogP contribution is -1.94. The van der Waals surface area contributed by atoms with Crippen molar-refractivity contribution in [2.75, 3.05) is 0 Å². The molecule has 0 fully saturated rings. The van der Waals surface area contributed by atoms with Crippen LogP contribution < -0.4 is 0 Å². The minimum Gasteiger partial charge on any atom is -0.0557 e. The van der Waals surface area contributed by atoms with Crippen LogP contribution in [0.25, 0.3) is 21.5 Å². The Balaban J connectivity index is 2.68. The summed E-state index contributed by atoms with van der Waals surface area (Å²) in [5.74, 6) is 0. The standard InChI is InChI=1S/C20H22/c1-11-7-13(3)19-16(6)18-10-12(2)8-14(4)20(18)15(5)17(19)9-11/h7-10H,1-6H3. The van der Waals surface area contributed by atoms with Crippen LogP contribution in [0.15, 0.2) is 24.3 Å².